The van der Waals surface area contributed by atoms with Gasteiger partial charge in [-0.05, 0) is 5.56 Å². The van der Waals surface area contributed by atoms with Crippen molar-refractivity contribution in [3.8, 4) is 0 Å². The molecule has 4 rings (SSSR count). The highest BCUT2D eigenvalue weighted by Gasteiger charge is 2.52. The predicted octanol–water partition coefficient (Wildman–Crippen LogP) is 1.02. The molecule has 1 fully saturated rings. The summed E-state index contributed by atoms with van der Waals surface area (Å²) in [7, 11) is 3.32. The van der Waals surface area contributed by atoms with E-state index < -0.39 is 18.6 Å². The minimum absolute atomic E-state index is 0.256. The monoisotopic (exact) mass is 414 g/mol. The topological polar surface area (TPSA) is 122 Å². The number of aromatic nitrogens is 2. The molecule has 2 amide bonds. The molecule has 11 heteroatoms. The van der Waals surface area contributed by atoms with E-state index in [0.29, 0.717) is 12.4 Å². The van der Waals surface area contributed by atoms with Crippen LogP contribution in [0.5, 0.6) is 0 Å². The molecule has 0 unspecified atom stereocenters. The first kappa shape index (κ1) is 19.9. The Kier molecular flexibility index (Phi) is 5.38. The number of hydroxylamine groups is 3. The van der Waals surface area contributed by atoms with E-state index in [2.05, 4.69) is 15.6 Å². The third-order valence-electron chi connectivity index (χ3n) is 5.12. The number of fused-ring (bicyclic) bond motifs is 4. The van der Waals surface area contributed by atoms with Gasteiger partial charge in [0.15, 0.2) is 6.61 Å². The fraction of sp³-hybridized carbons (Fsp3) is 0.368. The lowest BCUT2D eigenvalue weighted by atomic mass is 9.97. The number of nitrogens with zero attached hydrogens (tertiary/aromatic N) is 5. The standard InChI is InChI=1S/C19H22N6O5/c1-20-18(22-29-11-15(26)27)17-16-13(8-21-23(16)2)14-9-24(17)19(28)25(14)30-10-12-6-4-3-5-7-12/h3-8,14,17H,9-11H2,1-2H3,(H,20,22)(H,26,27)/t14-,17-/m0/s1. The van der Waals surface area contributed by atoms with Crippen LogP contribution in [0.25, 0.3) is 0 Å². The van der Waals surface area contributed by atoms with Crippen LogP contribution in [0.1, 0.15) is 28.9 Å². The molecule has 1 saturated heterocycles. The van der Waals surface area contributed by atoms with Gasteiger partial charge in [0.2, 0.25) is 0 Å². The van der Waals surface area contributed by atoms with Crippen LogP contribution in [-0.4, -0.2) is 62.9 Å². The first-order chi connectivity index (χ1) is 14.5. The Labute approximate surface area is 172 Å². The van der Waals surface area contributed by atoms with Crippen LogP contribution in [-0.2, 0) is 28.1 Å². The molecule has 2 aromatic rings. The van der Waals surface area contributed by atoms with E-state index in [4.69, 9.17) is 14.8 Å². The Hall–Kier alpha value is -3.44. The summed E-state index contributed by atoms with van der Waals surface area (Å²) in [6, 6.07) is 8.37. The Morgan fingerprint density at radius 1 is 1.37 bits per heavy atom. The molecule has 30 heavy (non-hydrogen) atoms. The van der Waals surface area contributed by atoms with E-state index in [1.807, 2.05) is 30.3 Å². The molecule has 0 radical (unpaired) electrons. The van der Waals surface area contributed by atoms with E-state index >= 15 is 0 Å². The van der Waals surface area contributed by atoms with Crippen molar-refractivity contribution in [1.82, 2.24) is 25.2 Å². The average Bonchev–Trinajstić information content (AvgIpc) is 3.25. The number of carboxylic acids is 1. The van der Waals surface area contributed by atoms with Crippen molar-refractivity contribution in [2.75, 3.05) is 20.2 Å². The van der Waals surface area contributed by atoms with Gasteiger partial charge in [0.25, 0.3) is 0 Å². The van der Waals surface area contributed by atoms with Crippen molar-refractivity contribution in [2.45, 2.75) is 18.7 Å². The molecule has 1 aromatic carbocycles. The summed E-state index contributed by atoms with van der Waals surface area (Å²) in [5.41, 5.74) is 5.14. The molecule has 158 valence electrons. The van der Waals surface area contributed by atoms with Gasteiger partial charge in [0, 0.05) is 19.7 Å². The first-order valence-electron chi connectivity index (χ1n) is 9.36. The zero-order valence-electron chi connectivity index (χ0n) is 16.6. The number of hydrogen-bond donors (Lipinski definition) is 2. The highest BCUT2D eigenvalue weighted by molar-refractivity contribution is 5.93. The lowest BCUT2D eigenvalue weighted by Gasteiger charge is -2.31. The Morgan fingerprint density at radius 3 is 2.83 bits per heavy atom. The van der Waals surface area contributed by atoms with Gasteiger partial charge in [-0.2, -0.15) is 10.2 Å². The lowest BCUT2D eigenvalue weighted by Crippen LogP contribution is -2.44. The third-order valence-corrected chi connectivity index (χ3v) is 5.12. The van der Waals surface area contributed by atoms with Crippen LogP contribution in [0, 0.1) is 0 Å². The van der Waals surface area contributed by atoms with Crippen molar-refractivity contribution in [3.05, 3.63) is 53.3 Å². The molecule has 2 bridgehead atoms. The molecule has 2 atom stereocenters. The third kappa shape index (κ3) is 3.48. The quantitative estimate of drug-likeness (QED) is 0.394. The molecular weight excluding hydrogens is 392 g/mol. The Morgan fingerprint density at radius 2 is 2.13 bits per heavy atom. The van der Waals surface area contributed by atoms with Crippen LogP contribution in [0.15, 0.2) is 41.5 Å². The number of amides is 2. The lowest BCUT2D eigenvalue weighted by molar-refractivity contribution is -0.143. The number of carbonyl (C=O) groups excluding carboxylic acids is 1. The molecule has 0 aliphatic carbocycles. The zero-order chi connectivity index (χ0) is 21.3. The molecule has 1 aromatic heterocycles. The molecule has 2 aliphatic rings. The summed E-state index contributed by atoms with van der Waals surface area (Å²) in [6.45, 7) is 0.0926. The van der Waals surface area contributed by atoms with Gasteiger partial charge in [-0.15, -0.1) is 0 Å². The second-order valence-electron chi connectivity index (χ2n) is 6.94. The number of hydrogen-bond acceptors (Lipinski definition) is 6. The number of benzene rings is 1. The van der Waals surface area contributed by atoms with Crippen molar-refractivity contribution >= 4 is 17.8 Å². The molecule has 2 N–H and O–H groups in total. The molecule has 0 saturated carbocycles. The number of aryl methyl sites for hydroxylation is 1. The van der Waals surface area contributed by atoms with Gasteiger partial charge in [0.1, 0.15) is 24.5 Å². The maximum absolute atomic E-state index is 13.2. The maximum atomic E-state index is 13.2. The molecule has 2 aliphatic heterocycles. The summed E-state index contributed by atoms with van der Waals surface area (Å²) < 4.78 is 1.68. The minimum Gasteiger partial charge on any atom is -0.479 e. The number of aliphatic carboxylic acids is 1. The van der Waals surface area contributed by atoms with Crippen LogP contribution in [0.4, 0.5) is 4.79 Å². The summed E-state index contributed by atoms with van der Waals surface area (Å²) in [5.74, 6) is -0.821. The van der Waals surface area contributed by atoms with Crippen LogP contribution < -0.4 is 5.48 Å². The second-order valence-corrected chi connectivity index (χ2v) is 6.94. The number of urea groups is 1. The molecular formula is C19H22N6O5. The number of amidine groups is 1. The number of rotatable bonds is 7. The van der Waals surface area contributed by atoms with E-state index in [9.17, 15) is 9.59 Å². The number of carboxylic acid groups (broad SMARTS) is 1. The van der Waals surface area contributed by atoms with Crippen LogP contribution in [0.3, 0.4) is 0 Å². The fourth-order valence-corrected chi connectivity index (χ4v) is 3.78. The van der Waals surface area contributed by atoms with Gasteiger partial charge in [-0.1, -0.05) is 30.3 Å². The van der Waals surface area contributed by atoms with Crippen molar-refractivity contribution in [1.29, 1.82) is 0 Å². The number of carbonyl (C=O) groups is 2. The van der Waals surface area contributed by atoms with Gasteiger partial charge in [-0.3, -0.25) is 24.8 Å². The Bertz CT molecular complexity index is 975. The maximum Gasteiger partial charge on any atom is 0.345 e. The summed E-state index contributed by atoms with van der Waals surface area (Å²) in [4.78, 5) is 40.6. The summed E-state index contributed by atoms with van der Waals surface area (Å²) >= 11 is 0. The summed E-state index contributed by atoms with van der Waals surface area (Å²) in [6.07, 6.45) is 1.72. The van der Waals surface area contributed by atoms with Crippen molar-refractivity contribution in [3.63, 3.8) is 0 Å². The van der Waals surface area contributed by atoms with Crippen LogP contribution >= 0.6 is 0 Å². The van der Waals surface area contributed by atoms with E-state index in [-0.39, 0.29) is 18.7 Å². The molecule has 11 nitrogen and oxygen atoms in total. The van der Waals surface area contributed by atoms with Crippen molar-refractivity contribution < 1.29 is 24.4 Å². The van der Waals surface area contributed by atoms with E-state index in [1.165, 1.54) is 5.06 Å². The second kappa shape index (κ2) is 8.13. The van der Waals surface area contributed by atoms with Gasteiger partial charge >= 0.3 is 12.0 Å². The van der Waals surface area contributed by atoms with E-state index in [0.717, 1.165) is 16.8 Å². The largest absolute Gasteiger partial charge is 0.479 e. The fourth-order valence-electron chi connectivity index (χ4n) is 3.78. The first-order valence-corrected chi connectivity index (χ1v) is 9.36. The van der Waals surface area contributed by atoms with E-state index in [1.54, 1.807) is 29.9 Å². The van der Waals surface area contributed by atoms with Gasteiger partial charge in [-0.25, -0.2) is 9.59 Å². The minimum atomic E-state index is -1.12. The Balaban J connectivity index is 1.60. The van der Waals surface area contributed by atoms with Gasteiger partial charge in [0.05, 0.1) is 18.4 Å². The van der Waals surface area contributed by atoms with Crippen LogP contribution in [0.2, 0.25) is 0 Å². The molecule has 0 spiro atoms. The summed E-state index contributed by atoms with van der Waals surface area (Å²) in [5, 5.41) is 14.5. The number of nitrogens with one attached hydrogen (secondary N) is 1. The SMILES string of the molecule is CN=C(NOCC(=O)O)[C@@H]1c2c(cnn2C)[C@@H]2CN1C(=O)N2OCc1ccccc1. The van der Waals surface area contributed by atoms with Crippen molar-refractivity contribution in [2.24, 2.45) is 12.0 Å². The predicted molar refractivity (Wildman–Crippen MR) is 104 cm³/mol. The smallest absolute Gasteiger partial charge is 0.345 e. The normalized spacial score (nSPS) is 20.5. The van der Waals surface area contributed by atoms with Gasteiger partial charge < -0.3 is 10.0 Å². The highest BCUT2D eigenvalue weighted by Crippen LogP contribution is 2.44. The highest BCUT2D eigenvalue weighted by atomic mass is 16.7. The molecule has 3 heterocycles. The number of aliphatic imine (C=N–C) groups is 1. The zero-order valence-corrected chi connectivity index (χ0v) is 16.6. The average molecular weight is 414 g/mol.